The molecule has 29 heavy (non-hydrogen) atoms. The molecule has 0 amide bonds. The SMILES string of the molecule is C[C@@]1(c2cccnc2Cn2c(=S)[nH]c(=O)c3[nH]ccc32)C[C@@H](C(F)(F)F)CCN1. The Kier molecular flexibility index (Phi) is 4.86. The van der Waals surface area contributed by atoms with Crippen molar-refractivity contribution in [1.29, 1.82) is 0 Å². The lowest BCUT2D eigenvalue weighted by Crippen LogP contribution is -2.50. The van der Waals surface area contributed by atoms with Crippen LogP contribution >= 0.6 is 12.2 Å². The van der Waals surface area contributed by atoms with Gasteiger partial charge in [-0.15, -0.1) is 0 Å². The smallest absolute Gasteiger partial charge is 0.355 e. The molecule has 10 heteroatoms. The van der Waals surface area contributed by atoms with Crippen LogP contribution in [0, 0.1) is 10.7 Å². The lowest BCUT2D eigenvalue weighted by atomic mass is 9.77. The average Bonchev–Trinajstić information content (AvgIpc) is 3.15. The molecule has 0 aliphatic carbocycles. The highest BCUT2D eigenvalue weighted by molar-refractivity contribution is 7.71. The molecule has 0 bridgehead atoms. The Morgan fingerprint density at radius 1 is 1.38 bits per heavy atom. The Hall–Kier alpha value is -2.46. The fourth-order valence-electron chi connectivity index (χ4n) is 4.15. The molecule has 1 fully saturated rings. The van der Waals surface area contributed by atoms with Crippen LogP contribution in [0.1, 0.15) is 31.0 Å². The predicted octanol–water partition coefficient (Wildman–Crippen LogP) is 3.61. The van der Waals surface area contributed by atoms with Crippen molar-refractivity contribution in [3.05, 3.63) is 57.0 Å². The highest BCUT2D eigenvalue weighted by atomic mass is 32.1. The van der Waals surface area contributed by atoms with E-state index in [2.05, 4.69) is 20.3 Å². The number of rotatable bonds is 3. The molecule has 4 heterocycles. The summed E-state index contributed by atoms with van der Waals surface area (Å²) in [7, 11) is 0. The van der Waals surface area contributed by atoms with Gasteiger partial charge in [-0.05, 0) is 56.2 Å². The van der Waals surface area contributed by atoms with Crippen molar-refractivity contribution in [2.24, 2.45) is 5.92 Å². The number of pyridine rings is 1. The van der Waals surface area contributed by atoms with Gasteiger partial charge in [-0.25, -0.2) is 0 Å². The molecule has 3 aromatic heterocycles. The molecule has 1 aliphatic heterocycles. The van der Waals surface area contributed by atoms with Crippen molar-refractivity contribution in [2.45, 2.75) is 38.0 Å². The van der Waals surface area contributed by atoms with E-state index in [0.717, 1.165) is 0 Å². The standard InChI is InChI=1S/C19H20F3N5OS/c1-18(9-11(4-8-25-18)19(20,21)22)12-3-2-6-23-13(12)10-27-14-5-7-24-15(14)16(28)26-17(27)29/h2-3,5-7,11,24-25H,4,8-10H2,1H3,(H,26,28,29)/t11-,18-/m0/s1. The number of fused-ring (bicyclic) bond motifs is 1. The third-order valence-electron chi connectivity index (χ3n) is 5.63. The summed E-state index contributed by atoms with van der Waals surface area (Å²) in [5.74, 6) is -1.37. The van der Waals surface area contributed by atoms with E-state index in [1.807, 2.05) is 0 Å². The van der Waals surface area contributed by atoms with Gasteiger partial charge in [0.2, 0.25) is 0 Å². The Bertz CT molecular complexity index is 1160. The van der Waals surface area contributed by atoms with Crippen LogP contribution < -0.4 is 10.9 Å². The summed E-state index contributed by atoms with van der Waals surface area (Å²) in [4.78, 5) is 22.0. The maximum absolute atomic E-state index is 13.4. The Morgan fingerprint density at radius 2 is 2.17 bits per heavy atom. The summed E-state index contributed by atoms with van der Waals surface area (Å²) in [5.41, 5.74) is 1.12. The molecule has 0 saturated carbocycles. The maximum Gasteiger partial charge on any atom is 0.391 e. The number of halogens is 3. The van der Waals surface area contributed by atoms with Crippen molar-refractivity contribution in [3.8, 4) is 0 Å². The van der Waals surface area contributed by atoms with Gasteiger partial charge in [0, 0.05) is 17.9 Å². The number of aromatic nitrogens is 4. The summed E-state index contributed by atoms with van der Waals surface area (Å²) in [6, 6.07) is 5.27. The van der Waals surface area contributed by atoms with E-state index in [1.165, 1.54) is 0 Å². The van der Waals surface area contributed by atoms with Crippen LogP contribution in [-0.2, 0) is 12.1 Å². The Morgan fingerprint density at radius 3 is 2.93 bits per heavy atom. The van der Waals surface area contributed by atoms with E-state index in [4.69, 9.17) is 12.2 Å². The van der Waals surface area contributed by atoms with Crippen molar-refractivity contribution in [2.75, 3.05) is 6.54 Å². The van der Waals surface area contributed by atoms with Crippen LogP contribution in [0.4, 0.5) is 13.2 Å². The second-order valence-corrected chi connectivity index (χ2v) is 7.96. The molecule has 2 atom stereocenters. The summed E-state index contributed by atoms with van der Waals surface area (Å²) < 4.78 is 42.1. The van der Waals surface area contributed by atoms with Gasteiger partial charge in [0.05, 0.1) is 23.7 Å². The third-order valence-corrected chi connectivity index (χ3v) is 5.95. The molecule has 3 aromatic rings. The molecule has 3 N–H and O–H groups in total. The normalized spacial score (nSPS) is 22.8. The van der Waals surface area contributed by atoms with E-state index in [1.54, 1.807) is 42.1 Å². The van der Waals surface area contributed by atoms with Gasteiger partial charge in [-0.3, -0.25) is 14.8 Å². The zero-order chi connectivity index (χ0) is 20.8. The monoisotopic (exact) mass is 423 g/mol. The lowest BCUT2D eigenvalue weighted by molar-refractivity contribution is -0.187. The number of nitrogens with zero attached hydrogens (tertiary/aromatic N) is 2. The van der Waals surface area contributed by atoms with E-state index >= 15 is 0 Å². The molecular weight excluding hydrogens is 403 g/mol. The number of alkyl halides is 3. The minimum Gasteiger partial charge on any atom is -0.355 e. The first-order valence-electron chi connectivity index (χ1n) is 9.25. The maximum atomic E-state index is 13.4. The minimum absolute atomic E-state index is 0.0592. The average molecular weight is 423 g/mol. The molecule has 0 aromatic carbocycles. The van der Waals surface area contributed by atoms with Gasteiger partial charge in [0.15, 0.2) is 4.77 Å². The first-order chi connectivity index (χ1) is 13.7. The van der Waals surface area contributed by atoms with Crippen molar-refractivity contribution in [3.63, 3.8) is 0 Å². The zero-order valence-corrected chi connectivity index (χ0v) is 16.5. The van der Waals surface area contributed by atoms with E-state index in [-0.39, 0.29) is 36.3 Å². The summed E-state index contributed by atoms with van der Waals surface area (Å²) in [6.07, 6.45) is -0.988. The number of aromatic amines is 2. The molecule has 0 spiro atoms. The molecule has 0 radical (unpaired) electrons. The van der Waals surface area contributed by atoms with E-state index in [0.29, 0.717) is 22.3 Å². The van der Waals surface area contributed by atoms with Gasteiger partial charge in [-0.1, -0.05) is 6.07 Å². The topological polar surface area (TPSA) is 78.5 Å². The summed E-state index contributed by atoms with van der Waals surface area (Å²) in [5, 5.41) is 3.26. The highest BCUT2D eigenvalue weighted by Gasteiger charge is 2.47. The number of hydrogen-bond donors (Lipinski definition) is 3. The fraction of sp³-hybridized carbons (Fsp3) is 0.421. The first-order valence-corrected chi connectivity index (χ1v) is 9.66. The second kappa shape index (κ2) is 7.10. The van der Waals surface area contributed by atoms with E-state index < -0.39 is 17.6 Å². The van der Waals surface area contributed by atoms with Crippen LogP contribution in [0.5, 0.6) is 0 Å². The number of piperidine rings is 1. The molecule has 6 nitrogen and oxygen atoms in total. The van der Waals surface area contributed by atoms with Gasteiger partial charge in [0.1, 0.15) is 5.52 Å². The molecule has 0 unspecified atom stereocenters. The van der Waals surface area contributed by atoms with Gasteiger partial charge >= 0.3 is 6.18 Å². The lowest BCUT2D eigenvalue weighted by Gasteiger charge is -2.41. The third kappa shape index (κ3) is 3.62. The first kappa shape index (κ1) is 19.8. The van der Waals surface area contributed by atoms with Crippen LogP contribution in [0.15, 0.2) is 35.4 Å². The summed E-state index contributed by atoms with van der Waals surface area (Å²) >= 11 is 5.33. The van der Waals surface area contributed by atoms with Crippen molar-refractivity contribution >= 4 is 23.3 Å². The second-order valence-electron chi connectivity index (χ2n) is 7.57. The molecule has 4 rings (SSSR count). The van der Waals surface area contributed by atoms with Gasteiger partial charge in [0.25, 0.3) is 5.56 Å². The quantitative estimate of drug-likeness (QED) is 0.563. The van der Waals surface area contributed by atoms with Gasteiger partial charge in [-0.2, -0.15) is 13.2 Å². The van der Waals surface area contributed by atoms with Crippen molar-refractivity contribution < 1.29 is 13.2 Å². The highest BCUT2D eigenvalue weighted by Crippen LogP contribution is 2.42. The van der Waals surface area contributed by atoms with Crippen LogP contribution in [0.3, 0.4) is 0 Å². The molecule has 1 aliphatic rings. The van der Waals surface area contributed by atoms with Gasteiger partial charge < -0.3 is 14.9 Å². The largest absolute Gasteiger partial charge is 0.391 e. The number of nitrogens with one attached hydrogen (secondary N) is 3. The minimum atomic E-state index is -4.23. The van der Waals surface area contributed by atoms with Crippen LogP contribution in [-0.4, -0.2) is 32.2 Å². The van der Waals surface area contributed by atoms with Crippen LogP contribution in [0.25, 0.3) is 11.0 Å². The Balaban J connectivity index is 1.77. The summed E-state index contributed by atoms with van der Waals surface area (Å²) in [6.45, 7) is 2.28. The zero-order valence-electron chi connectivity index (χ0n) is 15.6. The van der Waals surface area contributed by atoms with E-state index in [9.17, 15) is 18.0 Å². The number of hydrogen-bond acceptors (Lipinski definition) is 4. The number of H-pyrrole nitrogens is 2. The van der Waals surface area contributed by atoms with Crippen LogP contribution in [0.2, 0.25) is 0 Å². The molecule has 154 valence electrons. The predicted molar refractivity (Wildman–Crippen MR) is 105 cm³/mol. The van der Waals surface area contributed by atoms with Crippen molar-refractivity contribution in [1.82, 2.24) is 24.8 Å². The molecule has 1 saturated heterocycles. The molecular formula is C19H20F3N5OS. The Labute approximate surface area is 169 Å². The fourth-order valence-corrected chi connectivity index (χ4v) is 4.41.